The van der Waals surface area contributed by atoms with E-state index < -0.39 is 28.5 Å². The van der Waals surface area contributed by atoms with E-state index in [9.17, 15) is 18.0 Å². The van der Waals surface area contributed by atoms with E-state index in [2.05, 4.69) is 21.2 Å². The highest BCUT2D eigenvalue weighted by Crippen LogP contribution is 2.28. The summed E-state index contributed by atoms with van der Waals surface area (Å²) in [5.74, 6) is -0.785. The van der Waals surface area contributed by atoms with Crippen LogP contribution in [0.25, 0.3) is 0 Å². The van der Waals surface area contributed by atoms with Crippen LogP contribution in [-0.2, 0) is 32.6 Å². The fourth-order valence-corrected chi connectivity index (χ4v) is 6.79. The molecule has 4 rings (SSSR count). The van der Waals surface area contributed by atoms with Gasteiger partial charge in [-0.2, -0.15) is 0 Å². The quantitative estimate of drug-likeness (QED) is 0.245. The van der Waals surface area contributed by atoms with Gasteiger partial charge in [0.15, 0.2) is 0 Å². The molecule has 3 aromatic carbocycles. The number of amides is 2. The number of anilines is 1. The maximum Gasteiger partial charge on any atom is 0.244 e. The highest BCUT2D eigenvalue weighted by molar-refractivity contribution is 9.10. The molecule has 0 saturated heterocycles. The molecule has 0 radical (unpaired) electrons. The third-order valence-electron chi connectivity index (χ3n) is 7.30. The van der Waals surface area contributed by atoms with Gasteiger partial charge in [-0.15, -0.1) is 0 Å². The van der Waals surface area contributed by atoms with Crippen LogP contribution >= 0.6 is 39.1 Å². The second kappa shape index (κ2) is 14.7. The number of carbonyl (C=O) groups is 2. The molecule has 0 spiro atoms. The summed E-state index contributed by atoms with van der Waals surface area (Å²) in [7, 11) is -3.92. The number of carbonyl (C=O) groups excluding carboxylic acids is 2. The Morgan fingerprint density at radius 2 is 1.55 bits per heavy atom. The molecule has 3 aromatic rings. The Labute approximate surface area is 266 Å². The van der Waals surface area contributed by atoms with Gasteiger partial charge >= 0.3 is 0 Å². The van der Waals surface area contributed by atoms with Crippen LogP contribution in [0.3, 0.4) is 0 Å². The van der Waals surface area contributed by atoms with Crippen molar-refractivity contribution in [3.63, 3.8) is 0 Å². The minimum absolute atomic E-state index is 0.0373. The molecule has 1 N–H and O–H groups in total. The molecule has 2 amide bonds. The van der Waals surface area contributed by atoms with Gasteiger partial charge in [0, 0.05) is 33.5 Å². The van der Waals surface area contributed by atoms with Crippen molar-refractivity contribution < 1.29 is 18.0 Å². The van der Waals surface area contributed by atoms with E-state index in [1.807, 2.05) is 54.6 Å². The lowest BCUT2D eigenvalue weighted by atomic mass is 9.94. The highest BCUT2D eigenvalue weighted by Gasteiger charge is 2.34. The SMILES string of the molecule is CS(=O)(=O)N(CC(=O)N(Cc1ccc(Br)cc1)[C@@H](Cc1ccccc1)C(=O)NC1CCCCC1)c1cc(Cl)cc(Cl)c1. The van der Waals surface area contributed by atoms with Crippen LogP contribution in [0.5, 0.6) is 0 Å². The third kappa shape index (κ3) is 9.20. The van der Waals surface area contributed by atoms with Gasteiger partial charge < -0.3 is 10.2 Å². The lowest BCUT2D eigenvalue weighted by molar-refractivity contribution is -0.140. The number of halogens is 3. The predicted molar refractivity (Wildman–Crippen MR) is 172 cm³/mol. The van der Waals surface area contributed by atoms with Crippen LogP contribution in [0.1, 0.15) is 43.2 Å². The maximum absolute atomic E-state index is 14.2. The molecule has 1 aliphatic rings. The monoisotopic (exact) mass is 693 g/mol. The number of nitrogens with one attached hydrogen (secondary N) is 1. The van der Waals surface area contributed by atoms with E-state index in [4.69, 9.17) is 23.2 Å². The Morgan fingerprint density at radius 3 is 2.14 bits per heavy atom. The average molecular weight is 696 g/mol. The number of nitrogens with zero attached hydrogens (tertiary/aromatic N) is 2. The number of rotatable bonds is 11. The standard InChI is InChI=1S/C31H34BrCl2N3O4S/c1-42(40,41)37(28-18-25(33)17-26(34)19-28)21-30(38)36(20-23-12-14-24(32)15-13-23)29(16-22-8-4-2-5-9-22)31(39)35-27-10-6-3-7-11-27/h2,4-5,8-9,12-15,17-19,27,29H,3,6-7,10-11,16,20-21H2,1H3,(H,35,39)/t29-/m0/s1. The Morgan fingerprint density at radius 1 is 0.929 bits per heavy atom. The average Bonchev–Trinajstić information content (AvgIpc) is 2.94. The van der Waals surface area contributed by atoms with Crippen molar-refractivity contribution in [1.82, 2.24) is 10.2 Å². The van der Waals surface area contributed by atoms with Crippen molar-refractivity contribution >= 4 is 66.7 Å². The van der Waals surface area contributed by atoms with E-state index in [0.29, 0.717) is 0 Å². The summed E-state index contributed by atoms with van der Waals surface area (Å²) in [6.07, 6.45) is 6.30. The van der Waals surface area contributed by atoms with Crippen molar-refractivity contribution in [3.05, 3.63) is 98.4 Å². The summed E-state index contributed by atoms with van der Waals surface area (Å²) in [5, 5.41) is 3.66. The van der Waals surface area contributed by atoms with Crippen molar-refractivity contribution in [3.8, 4) is 0 Å². The maximum atomic E-state index is 14.2. The number of sulfonamides is 1. The van der Waals surface area contributed by atoms with Crippen LogP contribution in [0, 0.1) is 0 Å². The zero-order valence-corrected chi connectivity index (χ0v) is 27.2. The van der Waals surface area contributed by atoms with Gasteiger partial charge in [0.1, 0.15) is 12.6 Å². The van der Waals surface area contributed by atoms with E-state index in [-0.39, 0.29) is 40.6 Å². The van der Waals surface area contributed by atoms with Gasteiger partial charge in [-0.1, -0.05) is 101 Å². The Kier molecular flexibility index (Phi) is 11.3. The summed E-state index contributed by atoms with van der Waals surface area (Å²) in [5.41, 5.74) is 1.85. The molecule has 42 heavy (non-hydrogen) atoms. The molecule has 0 heterocycles. The molecule has 0 aliphatic heterocycles. The molecule has 1 atom stereocenters. The van der Waals surface area contributed by atoms with Gasteiger partial charge in [0.2, 0.25) is 21.8 Å². The lowest BCUT2D eigenvalue weighted by Crippen LogP contribution is -2.55. The highest BCUT2D eigenvalue weighted by atomic mass is 79.9. The summed E-state index contributed by atoms with van der Waals surface area (Å²) in [6.45, 7) is -0.427. The molecule has 0 aromatic heterocycles. The van der Waals surface area contributed by atoms with Crippen molar-refractivity contribution in [2.75, 3.05) is 17.1 Å². The first kappa shape index (κ1) is 32.3. The summed E-state index contributed by atoms with van der Waals surface area (Å²) < 4.78 is 27.7. The van der Waals surface area contributed by atoms with Gasteiger partial charge in [-0.05, 0) is 54.3 Å². The number of benzene rings is 3. The number of hydrogen-bond acceptors (Lipinski definition) is 4. The van der Waals surface area contributed by atoms with E-state index in [0.717, 1.165) is 58.3 Å². The van der Waals surface area contributed by atoms with Crippen molar-refractivity contribution in [1.29, 1.82) is 0 Å². The van der Waals surface area contributed by atoms with E-state index >= 15 is 0 Å². The minimum Gasteiger partial charge on any atom is -0.352 e. The predicted octanol–water partition coefficient (Wildman–Crippen LogP) is 6.61. The molecule has 7 nitrogen and oxygen atoms in total. The van der Waals surface area contributed by atoms with E-state index in [1.54, 1.807) is 0 Å². The Balaban J connectivity index is 1.73. The fraction of sp³-hybridized carbons (Fsp3) is 0.355. The molecule has 1 saturated carbocycles. The molecule has 1 fully saturated rings. The zero-order valence-electron chi connectivity index (χ0n) is 23.3. The second-order valence-electron chi connectivity index (χ2n) is 10.6. The normalized spacial score (nSPS) is 14.7. The molecule has 0 unspecified atom stereocenters. The van der Waals surface area contributed by atoms with Crippen molar-refractivity contribution in [2.45, 2.75) is 57.2 Å². The van der Waals surface area contributed by atoms with Gasteiger partial charge in [-0.3, -0.25) is 13.9 Å². The molecule has 1 aliphatic carbocycles. The fourth-order valence-electron chi connectivity index (χ4n) is 5.18. The lowest BCUT2D eigenvalue weighted by Gasteiger charge is -2.35. The molecule has 11 heteroatoms. The molecule has 0 bridgehead atoms. The van der Waals surface area contributed by atoms with Crippen LogP contribution in [0.4, 0.5) is 5.69 Å². The third-order valence-corrected chi connectivity index (χ3v) is 9.41. The minimum atomic E-state index is -3.92. The Bertz CT molecular complexity index is 1460. The van der Waals surface area contributed by atoms with Crippen LogP contribution in [0.2, 0.25) is 10.0 Å². The van der Waals surface area contributed by atoms with Crippen LogP contribution < -0.4 is 9.62 Å². The van der Waals surface area contributed by atoms with Gasteiger partial charge in [0.05, 0.1) is 11.9 Å². The second-order valence-corrected chi connectivity index (χ2v) is 14.3. The summed E-state index contributed by atoms with van der Waals surface area (Å²) in [4.78, 5) is 29.7. The van der Waals surface area contributed by atoms with Gasteiger partial charge in [0.25, 0.3) is 0 Å². The smallest absolute Gasteiger partial charge is 0.244 e. The first-order valence-corrected chi connectivity index (χ1v) is 17.2. The van der Waals surface area contributed by atoms with Gasteiger partial charge in [-0.25, -0.2) is 8.42 Å². The first-order valence-electron chi connectivity index (χ1n) is 13.8. The number of hydrogen-bond donors (Lipinski definition) is 1. The largest absolute Gasteiger partial charge is 0.352 e. The molecule has 224 valence electrons. The summed E-state index contributed by atoms with van der Waals surface area (Å²) >= 11 is 15.8. The topological polar surface area (TPSA) is 86.8 Å². The molecular weight excluding hydrogens is 661 g/mol. The Hall–Kier alpha value is -2.59. The zero-order chi connectivity index (χ0) is 30.3. The van der Waals surface area contributed by atoms with Crippen molar-refractivity contribution in [2.24, 2.45) is 0 Å². The molecular formula is C31H34BrCl2N3O4S. The summed E-state index contributed by atoms with van der Waals surface area (Å²) in [6, 6.07) is 20.5. The van der Waals surface area contributed by atoms with Crippen LogP contribution in [0.15, 0.2) is 77.3 Å². The first-order chi connectivity index (χ1) is 20.0. The van der Waals surface area contributed by atoms with Crippen LogP contribution in [-0.4, -0.2) is 50.0 Å². The van der Waals surface area contributed by atoms with E-state index in [1.165, 1.54) is 23.1 Å².